The lowest BCUT2D eigenvalue weighted by molar-refractivity contribution is 0.560. The Morgan fingerprint density at radius 1 is 1.25 bits per heavy atom. The van der Waals surface area contributed by atoms with E-state index in [0.717, 1.165) is 33.7 Å². The zero-order valence-corrected chi connectivity index (χ0v) is 10.9. The molecule has 1 N–H and O–H groups in total. The Kier molecular flexibility index (Phi) is 4.04. The summed E-state index contributed by atoms with van der Waals surface area (Å²) in [5.41, 5.74) is 2.22. The van der Waals surface area contributed by atoms with Crippen molar-refractivity contribution in [2.45, 2.75) is 13.1 Å². The summed E-state index contributed by atoms with van der Waals surface area (Å²) in [6.45, 7) is 1.53. The fraction of sp³-hybridized carbons (Fsp3) is 0.167. The summed E-state index contributed by atoms with van der Waals surface area (Å²) in [7, 11) is 0. The van der Waals surface area contributed by atoms with Gasteiger partial charge in [0.2, 0.25) is 0 Å². The van der Waals surface area contributed by atoms with Crippen LogP contribution in [-0.2, 0) is 13.1 Å². The van der Waals surface area contributed by atoms with Gasteiger partial charge in [0.05, 0.1) is 12.5 Å². The molecule has 0 aliphatic rings. The highest BCUT2D eigenvalue weighted by Gasteiger charge is 2.01. The van der Waals surface area contributed by atoms with E-state index in [4.69, 9.17) is 16.0 Å². The van der Waals surface area contributed by atoms with Crippen LogP contribution in [0.25, 0.3) is 0 Å². The molecule has 2 rings (SSSR count). The third kappa shape index (κ3) is 3.11. The third-order valence-electron chi connectivity index (χ3n) is 2.24. The second-order valence-electron chi connectivity index (χ2n) is 3.47. The molecule has 4 heteroatoms. The number of benzene rings is 1. The summed E-state index contributed by atoms with van der Waals surface area (Å²) in [6.07, 6.45) is 3.40. The Bertz CT molecular complexity index is 456. The molecule has 0 amide bonds. The van der Waals surface area contributed by atoms with Gasteiger partial charge in [0.1, 0.15) is 0 Å². The first-order chi connectivity index (χ1) is 7.75. The van der Waals surface area contributed by atoms with Gasteiger partial charge in [-0.1, -0.05) is 33.6 Å². The lowest BCUT2D eigenvalue weighted by Crippen LogP contribution is -2.12. The topological polar surface area (TPSA) is 25.2 Å². The minimum Gasteiger partial charge on any atom is -0.472 e. The summed E-state index contributed by atoms with van der Waals surface area (Å²) in [5, 5.41) is 4.08. The van der Waals surface area contributed by atoms with Gasteiger partial charge in [0, 0.05) is 28.1 Å². The molecule has 0 unspecified atom stereocenters. The van der Waals surface area contributed by atoms with Crippen molar-refractivity contribution in [2.75, 3.05) is 0 Å². The molecule has 1 aromatic heterocycles. The van der Waals surface area contributed by atoms with Crippen molar-refractivity contribution in [1.82, 2.24) is 5.32 Å². The first-order valence-electron chi connectivity index (χ1n) is 4.91. The molecule has 0 aliphatic heterocycles. The van der Waals surface area contributed by atoms with Gasteiger partial charge < -0.3 is 9.73 Å². The van der Waals surface area contributed by atoms with E-state index in [1.54, 1.807) is 12.5 Å². The quantitative estimate of drug-likeness (QED) is 0.924. The standard InChI is InChI=1S/C12H11BrClNO/c13-11-2-1-10(12(14)5-11)7-15-6-9-3-4-16-8-9/h1-5,8,15H,6-7H2. The van der Waals surface area contributed by atoms with Crippen LogP contribution >= 0.6 is 27.5 Å². The molecule has 16 heavy (non-hydrogen) atoms. The average Bonchev–Trinajstić information content (AvgIpc) is 2.74. The molecule has 0 spiro atoms. The van der Waals surface area contributed by atoms with Crippen molar-refractivity contribution in [2.24, 2.45) is 0 Å². The number of hydrogen-bond acceptors (Lipinski definition) is 2. The zero-order valence-electron chi connectivity index (χ0n) is 8.54. The molecule has 1 aromatic carbocycles. The van der Waals surface area contributed by atoms with E-state index in [1.165, 1.54) is 0 Å². The molecule has 2 nitrogen and oxygen atoms in total. The van der Waals surface area contributed by atoms with Crippen LogP contribution in [0.4, 0.5) is 0 Å². The highest BCUT2D eigenvalue weighted by atomic mass is 79.9. The van der Waals surface area contributed by atoms with Gasteiger partial charge in [-0.25, -0.2) is 0 Å². The molecule has 2 aromatic rings. The summed E-state index contributed by atoms with van der Waals surface area (Å²) < 4.78 is 5.98. The van der Waals surface area contributed by atoms with Crippen LogP contribution in [0.15, 0.2) is 45.7 Å². The van der Waals surface area contributed by atoms with Gasteiger partial charge in [0.25, 0.3) is 0 Å². The number of furan rings is 1. The van der Waals surface area contributed by atoms with E-state index >= 15 is 0 Å². The van der Waals surface area contributed by atoms with Crippen LogP contribution < -0.4 is 5.32 Å². The molecular weight excluding hydrogens is 289 g/mol. The summed E-state index contributed by atoms with van der Waals surface area (Å²) >= 11 is 9.48. The fourth-order valence-electron chi connectivity index (χ4n) is 1.40. The van der Waals surface area contributed by atoms with Crippen LogP contribution in [0.2, 0.25) is 5.02 Å². The predicted octanol–water partition coefficient (Wildman–Crippen LogP) is 3.99. The highest BCUT2D eigenvalue weighted by molar-refractivity contribution is 9.10. The lowest BCUT2D eigenvalue weighted by atomic mass is 10.2. The van der Waals surface area contributed by atoms with Gasteiger partial charge in [-0.15, -0.1) is 0 Å². The van der Waals surface area contributed by atoms with Crippen molar-refractivity contribution < 1.29 is 4.42 Å². The minimum absolute atomic E-state index is 0.747. The molecular formula is C12H11BrClNO. The number of nitrogens with one attached hydrogen (secondary N) is 1. The molecule has 0 aliphatic carbocycles. The van der Waals surface area contributed by atoms with Gasteiger partial charge in [0.15, 0.2) is 0 Å². The Morgan fingerprint density at radius 3 is 2.81 bits per heavy atom. The predicted molar refractivity (Wildman–Crippen MR) is 68.4 cm³/mol. The number of hydrogen-bond donors (Lipinski definition) is 1. The van der Waals surface area contributed by atoms with Crippen LogP contribution in [0.1, 0.15) is 11.1 Å². The maximum absolute atomic E-state index is 6.10. The monoisotopic (exact) mass is 299 g/mol. The molecule has 0 fully saturated rings. The largest absolute Gasteiger partial charge is 0.472 e. The average molecular weight is 301 g/mol. The third-order valence-corrected chi connectivity index (χ3v) is 3.08. The molecule has 0 saturated carbocycles. The maximum Gasteiger partial charge on any atom is 0.0947 e. The smallest absolute Gasteiger partial charge is 0.0947 e. The number of rotatable bonds is 4. The van der Waals surface area contributed by atoms with Gasteiger partial charge in [-0.2, -0.15) is 0 Å². The van der Waals surface area contributed by atoms with E-state index in [9.17, 15) is 0 Å². The van der Waals surface area contributed by atoms with E-state index in [0.29, 0.717) is 0 Å². The van der Waals surface area contributed by atoms with Gasteiger partial charge >= 0.3 is 0 Å². The van der Waals surface area contributed by atoms with E-state index in [2.05, 4.69) is 21.2 Å². The number of halogens is 2. The lowest BCUT2D eigenvalue weighted by Gasteiger charge is -2.05. The van der Waals surface area contributed by atoms with Crippen LogP contribution in [0.5, 0.6) is 0 Å². The summed E-state index contributed by atoms with van der Waals surface area (Å²) in [5.74, 6) is 0. The second kappa shape index (κ2) is 5.53. The van der Waals surface area contributed by atoms with E-state index < -0.39 is 0 Å². The van der Waals surface area contributed by atoms with Gasteiger partial charge in [-0.05, 0) is 23.8 Å². The van der Waals surface area contributed by atoms with Crippen LogP contribution in [-0.4, -0.2) is 0 Å². The van der Waals surface area contributed by atoms with Crippen molar-refractivity contribution in [3.8, 4) is 0 Å². The normalized spacial score (nSPS) is 10.6. The second-order valence-corrected chi connectivity index (χ2v) is 4.79. The Morgan fingerprint density at radius 2 is 2.12 bits per heavy atom. The summed E-state index contributed by atoms with van der Waals surface area (Å²) in [4.78, 5) is 0. The minimum atomic E-state index is 0.747. The van der Waals surface area contributed by atoms with Crippen molar-refractivity contribution in [3.63, 3.8) is 0 Å². The van der Waals surface area contributed by atoms with Gasteiger partial charge in [-0.3, -0.25) is 0 Å². The molecule has 1 heterocycles. The van der Waals surface area contributed by atoms with Crippen molar-refractivity contribution >= 4 is 27.5 Å². The zero-order chi connectivity index (χ0) is 11.4. The van der Waals surface area contributed by atoms with Crippen molar-refractivity contribution in [1.29, 1.82) is 0 Å². The Hall–Kier alpha value is -0.770. The first kappa shape index (κ1) is 11.7. The molecule has 0 saturated heterocycles. The SMILES string of the molecule is Clc1cc(Br)ccc1CNCc1ccoc1. The highest BCUT2D eigenvalue weighted by Crippen LogP contribution is 2.21. The summed E-state index contributed by atoms with van der Waals surface area (Å²) in [6, 6.07) is 7.84. The first-order valence-corrected chi connectivity index (χ1v) is 6.08. The molecule has 0 bridgehead atoms. The molecule has 0 atom stereocenters. The van der Waals surface area contributed by atoms with Crippen LogP contribution in [0, 0.1) is 0 Å². The molecule has 84 valence electrons. The van der Waals surface area contributed by atoms with Crippen LogP contribution in [0.3, 0.4) is 0 Å². The van der Waals surface area contributed by atoms with E-state index in [1.807, 2.05) is 24.3 Å². The molecule has 0 radical (unpaired) electrons. The fourth-order valence-corrected chi connectivity index (χ4v) is 2.14. The van der Waals surface area contributed by atoms with Crippen molar-refractivity contribution in [3.05, 3.63) is 57.4 Å². The Labute approximate surface area is 108 Å². The maximum atomic E-state index is 6.10. The van der Waals surface area contributed by atoms with E-state index in [-0.39, 0.29) is 0 Å². The Balaban J connectivity index is 1.90.